The van der Waals surface area contributed by atoms with Gasteiger partial charge in [-0.2, -0.15) is 0 Å². The van der Waals surface area contributed by atoms with Crippen molar-refractivity contribution in [3.8, 4) is 0 Å². The molecule has 148 valence electrons. The van der Waals surface area contributed by atoms with Crippen molar-refractivity contribution in [2.24, 2.45) is 28.6 Å². The summed E-state index contributed by atoms with van der Waals surface area (Å²) in [6, 6.07) is 0. The molecule has 4 aliphatic carbocycles. The van der Waals surface area contributed by atoms with Gasteiger partial charge in [-0.25, -0.2) is 8.78 Å². The first-order chi connectivity index (χ1) is 12.6. The maximum absolute atomic E-state index is 16.7. The van der Waals surface area contributed by atoms with Gasteiger partial charge in [-0.15, -0.1) is 0 Å². The van der Waals surface area contributed by atoms with Gasteiger partial charge in [-0.1, -0.05) is 13.0 Å². The zero-order valence-electron chi connectivity index (χ0n) is 15.6. The second-order valence-electron chi connectivity index (χ2n) is 9.20. The van der Waals surface area contributed by atoms with E-state index in [2.05, 4.69) is 0 Å². The predicted octanol–water partition coefficient (Wildman–Crippen LogP) is 2.48. The SMILES string of the molecule is C[C@]12C[C@H](O)[C@@]3(F)[C@@H](C[C@H](F)C4=CC(=O)C=C[C@@]43C)C1CC[C@@H]2C(=O)CO. The summed E-state index contributed by atoms with van der Waals surface area (Å²) in [5, 5.41) is 20.3. The Bertz CT molecular complexity index is 761. The Kier molecular flexibility index (Phi) is 4.07. The van der Waals surface area contributed by atoms with E-state index in [0.29, 0.717) is 12.8 Å². The summed E-state index contributed by atoms with van der Waals surface area (Å²) in [5.41, 5.74) is -4.04. The fourth-order valence-corrected chi connectivity index (χ4v) is 6.84. The van der Waals surface area contributed by atoms with E-state index >= 15 is 8.78 Å². The molecule has 0 amide bonds. The molecule has 0 radical (unpaired) electrons. The summed E-state index contributed by atoms with van der Waals surface area (Å²) >= 11 is 0. The number of rotatable bonds is 2. The van der Waals surface area contributed by atoms with Gasteiger partial charge in [0.25, 0.3) is 0 Å². The Morgan fingerprint density at radius 2 is 2.00 bits per heavy atom. The summed E-state index contributed by atoms with van der Waals surface area (Å²) in [7, 11) is 0. The Morgan fingerprint density at radius 3 is 2.67 bits per heavy atom. The Labute approximate surface area is 157 Å². The van der Waals surface area contributed by atoms with Gasteiger partial charge in [0.2, 0.25) is 0 Å². The molecular weight excluding hydrogens is 354 g/mol. The first-order valence-electron chi connectivity index (χ1n) is 9.69. The van der Waals surface area contributed by atoms with Gasteiger partial charge in [-0.05, 0) is 61.7 Å². The van der Waals surface area contributed by atoms with Crippen molar-refractivity contribution in [2.75, 3.05) is 6.61 Å². The third-order valence-electron chi connectivity index (χ3n) is 8.17. The number of carbonyl (C=O) groups is 2. The summed E-state index contributed by atoms with van der Waals surface area (Å²) in [5.74, 6) is -2.11. The number of aliphatic hydroxyl groups excluding tert-OH is 2. The van der Waals surface area contributed by atoms with Gasteiger partial charge < -0.3 is 10.2 Å². The molecule has 3 fully saturated rings. The van der Waals surface area contributed by atoms with Crippen molar-refractivity contribution in [2.45, 2.75) is 57.5 Å². The number of allylic oxidation sites excluding steroid dienone is 4. The number of hydrogen-bond acceptors (Lipinski definition) is 4. The molecule has 4 aliphatic rings. The summed E-state index contributed by atoms with van der Waals surface area (Å²) in [6.45, 7) is 2.86. The molecule has 2 N–H and O–H groups in total. The maximum atomic E-state index is 16.7. The standard InChI is InChI=1S/C21H26F2O4/c1-19-9-18(27)21(23)14(12(19)3-4-13(19)17(26)10-24)8-16(22)15-7-11(25)5-6-20(15,21)2/h5-7,12-14,16,18,24,27H,3-4,8-10H2,1-2H3/t12?,13-,14+,16+,18+,19+,20+,21+/m1/s1. The Balaban J connectivity index is 1.81. The number of fused-ring (bicyclic) bond motifs is 5. The molecular formula is C21H26F2O4. The summed E-state index contributed by atoms with van der Waals surface area (Å²) in [4.78, 5) is 24.0. The van der Waals surface area contributed by atoms with Crippen LogP contribution in [-0.2, 0) is 9.59 Å². The highest BCUT2D eigenvalue weighted by Crippen LogP contribution is 2.69. The molecule has 0 aliphatic heterocycles. The lowest BCUT2D eigenvalue weighted by molar-refractivity contribution is -0.202. The largest absolute Gasteiger partial charge is 0.390 e. The minimum Gasteiger partial charge on any atom is -0.390 e. The number of aliphatic hydroxyl groups is 2. The molecule has 4 nitrogen and oxygen atoms in total. The predicted molar refractivity (Wildman–Crippen MR) is 94.2 cm³/mol. The molecule has 0 aromatic carbocycles. The topological polar surface area (TPSA) is 74.6 Å². The number of hydrogen-bond donors (Lipinski definition) is 2. The number of ketones is 2. The van der Waals surface area contributed by atoms with E-state index in [-0.39, 0.29) is 35.9 Å². The van der Waals surface area contributed by atoms with E-state index in [4.69, 9.17) is 0 Å². The van der Waals surface area contributed by atoms with E-state index in [9.17, 15) is 19.8 Å². The van der Waals surface area contributed by atoms with Crippen LogP contribution >= 0.6 is 0 Å². The van der Waals surface area contributed by atoms with Crippen molar-refractivity contribution in [3.05, 3.63) is 23.8 Å². The van der Waals surface area contributed by atoms with Crippen molar-refractivity contribution >= 4 is 11.6 Å². The van der Waals surface area contributed by atoms with Crippen LogP contribution in [0.15, 0.2) is 23.8 Å². The second kappa shape index (κ2) is 5.80. The Morgan fingerprint density at radius 1 is 1.30 bits per heavy atom. The highest BCUT2D eigenvalue weighted by molar-refractivity contribution is 6.01. The number of alkyl halides is 2. The van der Waals surface area contributed by atoms with Gasteiger partial charge in [0, 0.05) is 17.3 Å². The quantitative estimate of drug-likeness (QED) is 0.772. The van der Waals surface area contributed by atoms with Crippen molar-refractivity contribution in [1.82, 2.24) is 0 Å². The first-order valence-corrected chi connectivity index (χ1v) is 9.69. The van der Waals surface area contributed by atoms with Crippen LogP contribution in [0.4, 0.5) is 8.78 Å². The molecule has 4 rings (SSSR count). The van der Waals surface area contributed by atoms with Crippen LogP contribution in [0.2, 0.25) is 0 Å². The smallest absolute Gasteiger partial charge is 0.178 e. The van der Waals surface area contributed by atoms with Crippen molar-refractivity contribution in [3.63, 3.8) is 0 Å². The van der Waals surface area contributed by atoms with Gasteiger partial charge in [0.1, 0.15) is 12.8 Å². The van der Waals surface area contributed by atoms with Crippen LogP contribution in [-0.4, -0.2) is 46.3 Å². The van der Waals surface area contributed by atoms with Crippen molar-refractivity contribution in [1.29, 1.82) is 0 Å². The second-order valence-corrected chi connectivity index (χ2v) is 9.20. The van der Waals surface area contributed by atoms with E-state index in [1.807, 2.05) is 6.92 Å². The molecule has 3 saturated carbocycles. The average Bonchev–Trinajstić information content (AvgIpc) is 2.95. The van der Waals surface area contributed by atoms with Crippen molar-refractivity contribution < 1.29 is 28.6 Å². The minimum absolute atomic E-state index is 0.0860. The van der Waals surface area contributed by atoms with E-state index in [1.165, 1.54) is 18.2 Å². The minimum atomic E-state index is -2.10. The number of Topliss-reactive ketones (excluding diaryl/α,β-unsaturated/α-hetero) is 1. The third-order valence-corrected chi connectivity index (χ3v) is 8.17. The average molecular weight is 380 g/mol. The maximum Gasteiger partial charge on any atom is 0.178 e. The van der Waals surface area contributed by atoms with Crippen LogP contribution in [0.1, 0.15) is 39.5 Å². The molecule has 6 heteroatoms. The lowest BCUT2D eigenvalue weighted by Gasteiger charge is -2.62. The zero-order chi connectivity index (χ0) is 19.8. The fourth-order valence-electron chi connectivity index (χ4n) is 6.84. The highest BCUT2D eigenvalue weighted by atomic mass is 19.1. The third kappa shape index (κ3) is 2.20. The van der Waals surface area contributed by atoms with E-state index in [1.54, 1.807) is 6.92 Å². The molecule has 0 heterocycles. The van der Waals surface area contributed by atoms with Gasteiger partial charge in [0.05, 0.1) is 6.10 Å². The first kappa shape index (κ1) is 18.9. The molecule has 0 spiro atoms. The highest BCUT2D eigenvalue weighted by Gasteiger charge is 2.72. The summed E-state index contributed by atoms with van der Waals surface area (Å²) < 4.78 is 31.8. The van der Waals surface area contributed by atoms with E-state index in [0.717, 1.165) is 0 Å². The Hall–Kier alpha value is -1.40. The molecule has 0 aromatic rings. The lowest BCUT2D eigenvalue weighted by Crippen LogP contribution is -2.68. The van der Waals surface area contributed by atoms with Crippen LogP contribution < -0.4 is 0 Å². The zero-order valence-corrected chi connectivity index (χ0v) is 15.6. The molecule has 1 unspecified atom stereocenters. The van der Waals surface area contributed by atoms with Gasteiger partial charge >= 0.3 is 0 Å². The molecule has 27 heavy (non-hydrogen) atoms. The summed E-state index contributed by atoms with van der Waals surface area (Å²) in [6.07, 6.45) is 2.09. The molecule has 0 bridgehead atoms. The van der Waals surface area contributed by atoms with E-state index < -0.39 is 47.2 Å². The molecule has 0 saturated heterocycles. The fraction of sp³-hybridized carbons (Fsp3) is 0.714. The monoisotopic (exact) mass is 380 g/mol. The lowest BCUT2D eigenvalue weighted by atomic mass is 9.45. The molecule has 0 aromatic heterocycles. The van der Waals surface area contributed by atoms with Gasteiger partial charge in [-0.3, -0.25) is 9.59 Å². The van der Waals surface area contributed by atoms with Crippen LogP contribution in [0, 0.1) is 28.6 Å². The van der Waals surface area contributed by atoms with Crippen LogP contribution in [0.5, 0.6) is 0 Å². The van der Waals surface area contributed by atoms with Crippen LogP contribution in [0.3, 0.4) is 0 Å². The van der Waals surface area contributed by atoms with Gasteiger partial charge in [0.15, 0.2) is 17.2 Å². The molecule has 8 atom stereocenters. The number of carbonyl (C=O) groups excluding carboxylic acids is 2. The normalized spacial score (nSPS) is 51.3. The van der Waals surface area contributed by atoms with Crippen LogP contribution in [0.25, 0.3) is 0 Å². The number of halogens is 2.